The van der Waals surface area contributed by atoms with Crippen molar-refractivity contribution in [3.8, 4) is 0 Å². The van der Waals surface area contributed by atoms with Crippen LogP contribution >= 0.6 is 0 Å². The summed E-state index contributed by atoms with van der Waals surface area (Å²) < 4.78 is 0. The Morgan fingerprint density at radius 2 is 1.95 bits per heavy atom. The maximum Gasteiger partial charge on any atom is 0.251 e. The largest absolute Gasteiger partial charge is 0.349 e. The Bertz CT molecular complexity index is 465. The summed E-state index contributed by atoms with van der Waals surface area (Å²) in [7, 11) is 0. The Hall–Kier alpha value is -1.31. The normalized spacial score (nSPS) is 30.3. The van der Waals surface area contributed by atoms with E-state index in [0.29, 0.717) is 12.0 Å². The number of nitrogens with one attached hydrogen (secondary N) is 1. The molecule has 1 amide bonds. The molecule has 0 saturated heterocycles. The lowest BCUT2D eigenvalue weighted by molar-refractivity contribution is 0.0915. The minimum atomic E-state index is 0.0790. The molecule has 19 heavy (non-hydrogen) atoms. The molecule has 0 aromatic heterocycles. The fourth-order valence-corrected chi connectivity index (χ4v) is 4.01. The Kier molecular flexibility index (Phi) is 3.34. The van der Waals surface area contributed by atoms with Crippen molar-refractivity contribution in [3.05, 3.63) is 35.4 Å². The van der Waals surface area contributed by atoms with Crippen molar-refractivity contribution in [2.24, 2.45) is 17.8 Å². The van der Waals surface area contributed by atoms with E-state index in [4.69, 9.17) is 0 Å². The van der Waals surface area contributed by atoms with Gasteiger partial charge in [0.2, 0.25) is 0 Å². The lowest BCUT2D eigenvalue weighted by Crippen LogP contribution is -2.40. The third-order valence-corrected chi connectivity index (χ3v) is 5.11. The number of aryl methyl sites for hydroxylation is 1. The molecule has 2 aliphatic rings. The summed E-state index contributed by atoms with van der Waals surface area (Å²) in [5.74, 6) is 2.58. The van der Waals surface area contributed by atoms with Crippen LogP contribution in [0.25, 0.3) is 0 Å². The molecule has 1 aromatic rings. The number of carbonyl (C=O) groups is 1. The molecule has 0 aliphatic heterocycles. The Balaban J connectivity index is 1.61. The van der Waals surface area contributed by atoms with Crippen LogP contribution in [0.15, 0.2) is 24.3 Å². The highest BCUT2D eigenvalue weighted by Gasteiger charge is 2.42. The van der Waals surface area contributed by atoms with Crippen LogP contribution in [0, 0.1) is 24.7 Å². The molecular formula is C17H23NO. The van der Waals surface area contributed by atoms with Crippen molar-refractivity contribution in [2.45, 2.75) is 45.6 Å². The smallest absolute Gasteiger partial charge is 0.251 e. The molecule has 4 atom stereocenters. The maximum absolute atomic E-state index is 12.2. The van der Waals surface area contributed by atoms with Gasteiger partial charge in [-0.2, -0.15) is 0 Å². The predicted octanol–water partition coefficient (Wildman–Crippen LogP) is 3.55. The van der Waals surface area contributed by atoms with Gasteiger partial charge >= 0.3 is 0 Å². The van der Waals surface area contributed by atoms with Gasteiger partial charge in [0.25, 0.3) is 5.91 Å². The summed E-state index contributed by atoms with van der Waals surface area (Å²) in [4.78, 5) is 12.2. The number of benzene rings is 1. The third kappa shape index (κ3) is 2.54. The molecule has 1 aromatic carbocycles. The van der Waals surface area contributed by atoms with E-state index in [2.05, 4.69) is 12.2 Å². The first-order valence-electron chi connectivity index (χ1n) is 7.51. The van der Waals surface area contributed by atoms with Crippen LogP contribution in [0.4, 0.5) is 0 Å². The molecule has 3 rings (SSSR count). The van der Waals surface area contributed by atoms with Crippen LogP contribution in [0.3, 0.4) is 0 Å². The number of hydrogen-bond donors (Lipinski definition) is 1. The zero-order chi connectivity index (χ0) is 13.4. The molecule has 1 N–H and O–H groups in total. The zero-order valence-electron chi connectivity index (χ0n) is 11.9. The highest BCUT2D eigenvalue weighted by atomic mass is 16.1. The number of carbonyl (C=O) groups excluding carboxylic acids is 1. The second kappa shape index (κ2) is 4.99. The number of rotatable bonds is 3. The van der Waals surface area contributed by atoms with Crippen LogP contribution in [0.2, 0.25) is 0 Å². The van der Waals surface area contributed by atoms with Gasteiger partial charge in [-0.3, -0.25) is 4.79 Å². The topological polar surface area (TPSA) is 29.1 Å². The number of fused-ring (bicyclic) bond motifs is 2. The first-order valence-corrected chi connectivity index (χ1v) is 7.51. The quantitative estimate of drug-likeness (QED) is 0.881. The fraction of sp³-hybridized carbons (Fsp3) is 0.588. The molecular weight excluding hydrogens is 234 g/mol. The highest BCUT2D eigenvalue weighted by Crippen LogP contribution is 2.49. The van der Waals surface area contributed by atoms with Crippen LogP contribution in [0.5, 0.6) is 0 Å². The Labute approximate surface area is 115 Å². The molecule has 2 heteroatoms. The van der Waals surface area contributed by atoms with Gasteiger partial charge < -0.3 is 5.32 Å². The predicted molar refractivity (Wildman–Crippen MR) is 77.0 cm³/mol. The fourth-order valence-electron chi connectivity index (χ4n) is 4.01. The molecule has 0 radical (unpaired) electrons. The van der Waals surface area contributed by atoms with Crippen molar-refractivity contribution in [3.63, 3.8) is 0 Å². The minimum Gasteiger partial charge on any atom is -0.349 e. The van der Waals surface area contributed by atoms with Gasteiger partial charge in [0.1, 0.15) is 0 Å². The van der Waals surface area contributed by atoms with Gasteiger partial charge in [0, 0.05) is 11.6 Å². The summed E-state index contributed by atoms with van der Waals surface area (Å²) in [6, 6.07) is 8.13. The zero-order valence-corrected chi connectivity index (χ0v) is 11.9. The summed E-state index contributed by atoms with van der Waals surface area (Å²) >= 11 is 0. The van der Waals surface area contributed by atoms with Gasteiger partial charge in [-0.05, 0) is 63.0 Å². The van der Waals surface area contributed by atoms with E-state index in [9.17, 15) is 4.79 Å². The van der Waals surface area contributed by atoms with Gasteiger partial charge in [-0.25, -0.2) is 0 Å². The summed E-state index contributed by atoms with van der Waals surface area (Å²) in [5.41, 5.74) is 1.97. The van der Waals surface area contributed by atoms with E-state index >= 15 is 0 Å². The second-order valence-electron chi connectivity index (χ2n) is 6.47. The molecule has 0 heterocycles. The van der Waals surface area contributed by atoms with E-state index in [1.165, 1.54) is 31.2 Å². The molecule has 0 spiro atoms. The lowest BCUT2D eigenvalue weighted by atomic mass is 9.84. The molecule has 0 unspecified atom stereocenters. The molecule has 2 aliphatic carbocycles. The number of hydrogen-bond acceptors (Lipinski definition) is 1. The average molecular weight is 257 g/mol. The lowest BCUT2D eigenvalue weighted by Gasteiger charge is -2.28. The van der Waals surface area contributed by atoms with Crippen LogP contribution in [-0.4, -0.2) is 11.9 Å². The average Bonchev–Trinajstić information content (AvgIpc) is 3.01. The van der Waals surface area contributed by atoms with Crippen LogP contribution < -0.4 is 5.32 Å². The van der Waals surface area contributed by atoms with Crippen LogP contribution in [-0.2, 0) is 0 Å². The van der Waals surface area contributed by atoms with Gasteiger partial charge in [0.15, 0.2) is 0 Å². The standard InChI is InChI=1S/C17H23NO/c1-11-3-6-14(7-4-11)17(19)18-12(2)16-10-13-5-8-15(16)9-13/h3-4,6-7,12-13,15-16H,5,8-10H2,1-2H3,(H,18,19)/t12-,13+,15+,16+/m1/s1. The minimum absolute atomic E-state index is 0.0790. The third-order valence-electron chi connectivity index (χ3n) is 5.11. The second-order valence-corrected chi connectivity index (χ2v) is 6.47. The van der Waals surface area contributed by atoms with Crippen molar-refractivity contribution < 1.29 is 4.79 Å². The summed E-state index contributed by atoms with van der Waals surface area (Å²) in [6.45, 7) is 4.22. The van der Waals surface area contributed by atoms with E-state index in [-0.39, 0.29) is 5.91 Å². The SMILES string of the molecule is Cc1ccc(C(=O)N[C@H](C)[C@@H]2C[C@H]3CC[C@H]2C3)cc1. The highest BCUT2D eigenvalue weighted by molar-refractivity contribution is 5.94. The van der Waals surface area contributed by atoms with Gasteiger partial charge in [-0.15, -0.1) is 0 Å². The monoisotopic (exact) mass is 257 g/mol. The Morgan fingerprint density at radius 3 is 2.53 bits per heavy atom. The molecule has 2 fully saturated rings. The van der Waals surface area contributed by atoms with Gasteiger partial charge in [-0.1, -0.05) is 24.1 Å². The number of amides is 1. The molecule has 2 saturated carbocycles. The van der Waals surface area contributed by atoms with Crippen molar-refractivity contribution in [2.75, 3.05) is 0 Å². The molecule has 2 nitrogen and oxygen atoms in total. The van der Waals surface area contributed by atoms with Crippen molar-refractivity contribution in [1.29, 1.82) is 0 Å². The molecule has 102 valence electrons. The maximum atomic E-state index is 12.2. The van der Waals surface area contributed by atoms with E-state index in [1.807, 2.05) is 31.2 Å². The van der Waals surface area contributed by atoms with E-state index in [1.54, 1.807) is 0 Å². The first-order chi connectivity index (χ1) is 9.13. The van der Waals surface area contributed by atoms with E-state index < -0.39 is 0 Å². The van der Waals surface area contributed by atoms with Gasteiger partial charge in [0.05, 0.1) is 0 Å². The van der Waals surface area contributed by atoms with Crippen molar-refractivity contribution >= 4 is 5.91 Å². The Morgan fingerprint density at radius 1 is 1.21 bits per heavy atom. The van der Waals surface area contributed by atoms with Crippen molar-refractivity contribution in [1.82, 2.24) is 5.32 Å². The summed E-state index contributed by atoms with van der Waals surface area (Å²) in [6.07, 6.45) is 5.51. The van der Waals surface area contributed by atoms with E-state index in [0.717, 1.165) is 17.4 Å². The summed E-state index contributed by atoms with van der Waals surface area (Å²) in [5, 5.41) is 3.20. The first kappa shape index (κ1) is 12.7. The molecule has 2 bridgehead atoms. The van der Waals surface area contributed by atoms with Crippen LogP contribution in [0.1, 0.15) is 48.5 Å².